The molecule has 2 aliphatic carbocycles. The molecule has 3 rings (SSSR count). The molecule has 0 aromatic carbocycles. The molecule has 0 aromatic rings. The van der Waals surface area contributed by atoms with Gasteiger partial charge in [-0.2, -0.15) is 0 Å². The average Bonchev–Trinajstić information content (AvgIpc) is 3.09. The summed E-state index contributed by atoms with van der Waals surface area (Å²) in [6, 6.07) is 2.16. The van der Waals surface area contributed by atoms with Crippen molar-refractivity contribution in [2.45, 2.75) is 50.2 Å². The molecule has 1 unspecified atom stereocenters. The molecule has 1 saturated heterocycles. The van der Waals surface area contributed by atoms with Crippen molar-refractivity contribution < 1.29 is 0 Å². The van der Waals surface area contributed by atoms with E-state index in [1.807, 2.05) is 0 Å². The van der Waals surface area contributed by atoms with Gasteiger partial charge in [-0.05, 0) is 44.3 Å². The predicted octanol–water partition coefficient (Wildman–Crippen LogP) is 0.850. The lowest BCUT2D eigenvalue weighted by molar-refractivity contribution is 0.321. The molecule has 15 heavy (non-hydrogen) atoms. The van der Waals surface area contributed by atoms with Crippen LogP contribution in [0.15, 0.2) is 0 Å². The first kappa shape index (κ1) is 9.85. The standard InChI is InChI=1S/C11H19N3S/c15-11(12-8-1-2-8)13-9-5-6-14(7-9)10-3-4-10/h8-10H,1-7H2,(H2,12,13,15). The van der Waals surface area contributed by atoms with E-state index in [1.54, 1.807) is 0 Å². The van der Waals surface area contributed by atoms with Crippen molar-refractivity contribution in [3.63, 3.8) is 0 Å². The van der Waals surface area contributed by atoms with Gasteiger partial charge in [-0.3, -0.25) is 4.90 Å². The van der Waals surface area contributed by atoms with Gasteiger partial charge in [-0.15, -0.1) is 0 Å². The minimum absolute atomic E-state index is 0.587. The molecular weight excluding hydrogens is 206 g/mol. The summed E-state index contributed by atoms with van der Waals surface area (Å²) in [5, 5.41) is 7.66. The van der Waals surface area contributed by atoms with Crippen molar-refractivity contribution in [2.75, 3.05) is 13.1 Å². The topological polar surface area (TPSA) is 27.3 Å². The van der Waals surface area contributed by atoms with E-state index in [0.717, 1.165) is 11.2 Å². The third-order valence-corrected chi connectivity index (χ3v) is 3.77. The molecule has 1 atom stereocenters. The van der Waals surface area contributed by atoms with E-state index in [1.165, 1.54) is 45.2 Å². The first-order valence-electron chi connectivity index (χ1n) is 6.12. The first-order valence-corrected chi connectivity index (χ1v) is 6.53. The number of hydrogen-bond donors (Lipinski definition) is 2. The van der Waals surface area contributed by atoms with Crippen LogP contribution >= 0.6 is 12.2 Å². The number of likely N-dealkylation sites (tertiary alicyclic amines) is 1. The zero-order valence-corrected chi connectivity index (χ0v) is 9.85. The van der Waals surface area contributed by atoms with Gasteiger partial charge in [0.05, 0.1) is 0 Å². The minimum Gasteiger partial charge on any atom is -0.360 e. The van der Waals surface area contributed by atoms with Gasteiger partial charge in [0.15, 0.2) is 5.11 Å². The van der Waals surface area contributed by atoms with Crippen LogP contribution < -0.4 is 10.6 Å². The fourth-order valence-corrected chi connectivity index (χ4v) is 2.65. The number of hydrogen-bond acceptors (Lipinski definition) is 2. The molecule has 4 heteroatoms. The van der Waals surface area contributed by atoms with Crippen molar-refractivity contribution in [3.8, 4) is 0 Å². The molecule has 0 bridgehead atoms. The van der Waals surface area contributed by atoms with Gasteiger partial charge in [-0.1, -0.05) is 0 Å². The highest BCUT2D eigenvalue weighted by atomic mass is 32.1. The van der Waals surface area contributed by atoms with Crippen LogP contribution in [-0.4, -0.2) is 41.2 Å². The number of nitrogens with one attached hydrogen (secondary N) is 2. The minimum atomic E-state index is 0.587. The summed E-state index contributed by atoms with van der Waals surface area (Å²) in [5.74, 6) is 0. The van der Waals surface area contributed by atoms with E-state index >= 15 is 0 Å². The highest BCUT2D eigenvalue weighted by Crippen LogP contribution is 2.29. The van der Waals surface area contributed by atoms with Crippen LogP contribution in [0.1, 0.15) is 32.1 Å². The van der Waals surface area contributed by atoms with Gasteiger partial charge in [-0.25, -0.2) is 0 Å². The van der Waals surface area contributed by atoms with Gasteiger partial charge in [0.25, 0.3) is 0 Å². The summed E-state index contributed by atoms with van der Waals surface area (Å²) in [5.41, 5.74) is 0. The van der Waals surface area contributed by atoms with E-state index in [4.69, 9.17) is 12.2 Å². The summed E-state index contributed by atoms with van der Waals surface area (Å²) in [4.78, 5) is 2.61. The Morgan fingerprint density at radius 2 is 1.73 bits per heavy atom. The van der Waals surface area contributed by atoms with Crippen molar-refractivity contribution in [1.82, 2.24) is 15.5 Å². The van der Waals surface area contributed by atoms with Crippen molar-refractivity contribution in [1.29, 1.82) is 0 Å². The molecule has 1 aliphatic heterocycles. The maximum Gasteiger partial charge on any atom is 0.166 e. The Balaban J connectivity index is 1.41. The Bertz CT molecular complexity index is 261. The summed E-state index contributed by atoms with van der Waals surface area (Å²) in [7, 11) is 0. The third kappa shape index (κ3) is 2.61. The van der Waals surface area contributed by atoms with E-state index < -0.39 is 0 Å². The van der Waals surface area contributed by atoms with Gasteiger partial charge < -0.3 is 10.6 Å². The fraction of sp³-hybridized carbons (Fsp3) is 0.909. The Hall–Kier alpha value is -0.350. The van der Waals surface area contributed by atoms with Crippen molar-refractivity contribution in [3.05, 3.63) is 0 Å². The molecule has 3 aliphatic rings. The Labute approximate surface area is 96.6 Å². The second-order valence-electron chi connectivity index (χ2n) is 5.10. The molecule has 3 fully saturated rings. The van der Waals surface area contributed by atoms with Gasteiger partial charge in [0, 0.05) is 31.2 Å². The number of nitrogens with zero attached hydrogens (tertiary/aromatic N) is 1. The highest BCUT2D eigenvalue weighted by Gasteiger charge is 2.34. The summed E-state index contributed by atoms with van der Waals surface area (Å²) in [6.45, 7) is 2.45. The third-order valence-electron chi connectivity index (χ3n) is 3.53. The van der Waals surface area contributed by atoms with Gasteiger partial charge in [0.2, 0.25) is 0 Å². The van der Waals surface area contributed by atoms with Gasteiger partial charge >= 0.3 is 0 Å². The summed E-state index contributed by atoms with van der Waals surface area (Å²) < 4.78 is 0. The van der Waals surface area contributed by atoms with Crippen LogP contribution in [0.3, 0.4) is 0 Å². The second-order valence-corrected chi connectivity index (χ2v) is 5.51. The molecule has 1 heterocycles. The second kappa shape index (κ2) is 3.91. The van der Waals surface area contributed by atoms with E-state index in [0.29, 0.717) is 12.1 Å². The van der Waals surface area contributed by atoms with Crippen molar-refractivity contribution in [2.24, 2.45) is 0 Å². The number of thiocarbonyl (C=S) groups is 1. The molecule has 84 valence electrons. The van der Waals surface area contributed by atoms with Crippen molar-refractivity contribution >= 4 is 17.3 Å². The smallest absolute Gasteiger partial charge is 0.166 e. The molecule has 0 amide bonds. The maximum atomic E-state index is 5.29. The van der Waals surface area contributed by atoms with Gasteiger partial charge in [0.1, 0.15) is 0 Å². The first-order chi connectivity index (χ1) is 7.31. The maximum absolute atomic E-state index is 5.29. The van der Waals surface area contributed by atoms with Crippen LogP contribution in [-0.2, 0) is 0 Å². The lowest BCUT2D eigenvalue weighted by Gasteiger charge is -2.17. The molecule has 3 nitrogen and oxygen atoms in total. The molecule has 0 radical (unpaired) electrons. The SMILES string of the molecule is S=C(NC1CC1)NC1CCN(C2CC2)C1. The van der Waals surface area contributed by atoms with E-state index in [-0.39, 0.29) is 0 Å². The van der Waals surface area contributed by atoms with Crippen LogP contribution in [0.5, 0.6) is 0 Å². The zero-order valence-electron chi connectivity index (χ0n) is 9.04. The lowest BCUT2D eigenvalue weighted by atomic mass is 10.3. The molecular formula is C11H19N3S. The summed E-state index contributed by atoms with van der Waals surface area (Å²) >= 11 is 5.29. The van der Waals surface area contributed by atoms with E-state index in [9.17, 15) is 0 Å². The Morgan fingerprint density at radius 1 is 1.00 bits per heavy atom. The van der Waals surface area contributed by atoms with E-state index in [2.05, 4.69) is 15.5 Å². The quantitative estimate of drug-likeness (QED) is 0.696. The molecule has 2 saturated carbocycles. The monoisotopic (exact) mass is 225 g/mol. The summed E-state index contributed by atoms with van der Waals surface area (Å²) in [6.07, 6.45) is 6.67. The predicted molar refractivity (Wildman–Crippen MR) is 64.9 cm³/mol. The normalized spacial score (nSPS) is 31.6. The Morgan fingerprint density at radius 3 is 2.40 bits per heavy atom. The molecule has 2 N–H and O–H groups in total. The molecule has 0 spiro atoms. The Kier molecular flexibility index (Phi) is 2.56. The zero-order chi connectivity index (χ0) is 10.3. The van der Waals surface area contributed by atoms with Crippen LogP contribution in [0.25, 0.3) is 0 Å². The highest BCUT2D eigenvalue weighted by molar-refractivity contribution is 7.80. The van der Waals surface area contributed by atoms with Crippen LogP contribution in [0.2, 0.25) is 0 Å². The average molecular weight is 225 g/mol. The van der Waals surface area contributed by atoms with Crippen LogP contribution in [0, 0.1) is 0 Å². The lowest BCUT2D eigenvalue weighted by Crippen LogP contribution is -2.44. The molecule has 0 aromatic heterocycles. The van der Waals surface area contributed by atoms with Crippen LogP contribution in [0.4, 0.5) is 0 Å². The fourth-order valence-electron chi connectivity index (χ4n) is 2.32. The number of rotatable bonds is 3. The largest absolute Gasteiger partial charge is 0.360 e.